The number of benzene rings is 3. The molecule has 0 saturated heterocycles. The number of thiazole rings is 2. The average Bonchev–Trinajstić information content (AvgIpc) is 3.36. The highest BCUT2D eigenvalue weighted by Crippen LogP contribution is 2.33. The van der Waals surface area contributed by atoms with Gasteiger partial charge in [0.05, 0.1) is 11.0 Å². The molecule has 0 aliphatic carbocycles. The van der Waals surface area contributed by atoms with Crippen molar-refractivity contribution in [2.45, 2.75) is 0 Å². The molecule has 0 radical (unpaired) electrons. The highest BCUT2D eigenvalue weighted by atomic mass is 32.2. The molecule has 0 fully saturated rings. The van der Waals surface area contributed by atoms with Gasteiger partial charge < -0.3 is 4.90 Å². The van der Waals surface area contributed by atoms with Gasteiger partial charge in [0.2, 0.25) is 0 Å². The van der Waals surface area contributed by atoms with E-state index < -0.39 is 0 Å². The summed E-state index contributed by atoms with van der Waals surface area (Å²) in [5, 5.41) is 0. The fraction of sp³-hybridized carbons (Fsp3) is 0. The van der Waals surface area contributed by atoms with Crippen LogP contribution in [0.3, 0.4) is 0 Å². The summed E-state index contributed by atoms with van der Waals surface area (Å²) < 4.78 is 1.21. The van der Waals surface area contributed by atoms with Gasteiger partial charge in [-0.3, -0.25) is 0 Å². The number of anilines is 3. The van der Waals surface area contributed by atoms with E-state index in [0.29, 0.717) is 0 Å². The number of hydrogen-bond acceptors (Lipinski definition) is 5. The van der Waals surface area contributed by atoms with Crippen molar-refractivity contribution < 1.29 is 0 Å². The fourth-order valence-corrected chi connectivity index (χ4v) is 4.10. The van der Waals surface area contributed by atoms with Gasteiger partial charge in [-0.15, -0.1) is 22.7 Å². The Kier molecular flexibility index (Phi) is 5.53. The molecule has 0 atom stereocenters. The molecule has 2 heterocycles. The maximum atomic E-state index is 4.00. The molecular weight excluding hydrogens is 370 g/mol. The fourth-order valence-electron chi connectivity index (χ4n) is 2.70. The lowest BCUT2D eigenvalue weighted by molar-refractivity contribution is 1.28. The molecule has 0 spiro atoms. The zero-order valence-corrected chi connectivity index (χ0v) is 16.1. The van der Waals surface area contributed by atoms with Crippen molar-refractivity contribution in [1.82, 2.24) is 9.97 Å². The smallest absolute Gasteiger partial charge is 0.181 e. The summed E-state index contributed by atoms with van der Waals surface area (Å²) in [5.74, 6) is 0. The molecule has 5 heteroatoms. The normalized spacial score (nSPS) is 10.2. The van der Waals surface area contributed by atoms with Crippen LogP contribution in [0.25, 0.3) is 9.66 Å². The highest BCUT2D eigenvalue weighted by molar-refractivity contribution is 7.36. The van der Waals surface area contributed by atoms with Crippen LogP contribution in [0.2, 0.25) is 0 Å². The van der Waals surface area contributed by atoms with E-state index in [-0.39, 0.29) is 0 Å². The van der Waals surface area contributed by atoms with Crippen molar-refractivity contribution in [3.8, 4) is 0 Å². The molecule has 3 aromatic carbocycles. The minimum absolute atomic E-state index is 0.889. The monoisotopic (exact) mass is 387 g/mol. The Morgan fingerprint density at radius 2 is 0.889 bits per heavy atom. The summed E-state index contributed by atoms with van der Waals surface area (Å²) in [4.78, 5) is 10.2. The second kappa shape index (κ2) is 8.58. The number of aromatic nitrogens is 2. The Morgan fingerprint density at radius 1 is 0.519 bits per heavy atom. The Hall–Kier alpha value is -3.02. The Morgan fingerprint density at radius 3 is 1.22 bits per heavy atom. The Bertz CT molecular complexity index is 929. The van der Waals surface area contributed by atoms with E-state index in [1.54, 1.807) is 22.7 Å². The Labute approximate surface area is 166 Å². The van der Waals surface area contributed by atoms with Gasteiger partial charge in [0.15, 0.2) is 5.65 Å². The predicted octanol–water partition coefficient (Wildman–Crippen LogP) is 6.91. The van der Waals surface area contributed by atoms with Crippen LogP contribution < -0.4 is 4.90 Å². The van der Waals surface area contributed by atoms with Gasteiger partial charge in [-0.25, -0.2) is 9.97 Å². The molecule has 132 valence electrons. The van der Waals surface area contributed by atoms with Crippen LogP contribution in [-0.4, -0.2) is 9.97 Å². The number of para-hydroxylation sites is 3. The topological polar surface area (TPSA) is 29.0 Å². The summed E-state index contributed by atoms with van der Waals surface area (Å²) in [7, 11) is 0. The highest BCUT2D eigenvalue weighted by Gasteiger charge is 2.10. The Balaban J connectivity index is 0.000000186. The third-order valence-corrected chi connectivity index (χ3v) is 5.69. The molecular formula is C22H17N3S2. The first-order valence-corrected chi connectivity index (χ1v) is 10.3. The van der Waals surface area contributed by atoms with E-state index >= 15 is 0 Å². The van der Waals surface area contributed by atoms with Gasteiger partial charge in [0.1, 0.15) is 4.01 Å². The lowest BCUT2D eigenvalue weighted by atomic mass is 10.2. The van der Waals surface area contributed by atoms with Crippen LogP contribution in [0.5, 0.6) is 0 Å². The van der Waals surface area contributed by atoms with Crippen molar-refractivity contribution in [1.29, 1.82) is 0 Å². The zero-order chi connectivity index (χ0) is 18.3. The summed E-state index contributed by atoms with van der Waals surface area (Å²) in [6.07, 6.45) is 0. The minimum Gasteiger partial charge on any atom is -0.311 e. The van der Waals surface area contributed by atoms with E-state index in [1.165, 1.54) is 21.1 Å². The van der Waals surface area contributed by atoms with Gasteiger partial charge >= 0.3 is 0 Å². The van der Waals surface area contributed by atoms with E-state index in [2.05, 4.69) is 87.7 Å². The molecule has 0 saturated carbocycles. The number of rotatable bonds is 3. The molecule has 27 heavy (non-hydrogen) atoms. The number of nitrogens with zero attached hydrogens (tertiary/aromatic N) is 3. The molecule has 0 amide bonds. The van der Waals surface area contributed by atoms with Crippen LogP contribution in [-0.2, 0) is 0 Å². The first kappa shape index (κ1) is 17.4. The van der Waals surface area contributed by atoms with E-state index in [4.69, 9.17) is 0 Å². The summed E-state index contributed by atoms with van der Waals surface area (Å²) >= 11 is 3.28. The van der Waals surface area contributed by atoms with Crippen molar-refractivity contribution in [3.63, 3.8) is 0 Å². The van der Waals surface area contributed by atoms with E-state index in [0.717, 1.165) is 5.65 Å². The van der Waals surface area contributed by atoms with Crippen molar-refractivity contribution in [2.75, 3.05) is 4.90 Å². The number of fused-ring (bicyclic) bond motifs is 1. The predicted molar refractivity (Wildman–Crippen MR) is 116 cm³/mol. The third-order valence-electron chi connectivity index (χ3n) is 3.90. The van der Waals surface area contributed by atoms with Crippen molar-refractivity contribution in [3.05, 3.63) is 102 Å². The standard InChI is InChI=1S/C18H15N.C4H2N2S2/c1-4-10-16(11-5-1)19(17-12-6-2-7-13-17)18-14-8-3-9-15-18;1-5-3-4(7-1)8-2-6-3/h1-15H;1-2H. The van der Waals surface area contributed by atoms with Crippen molar-refractivity contribution in [2.24, 2.45) is 0 Å². The van der Waals surface area contributed by atoms with Crippen LogP contribution in [0.1, 0.15) is 0 Å². The molecule has 0 bridgehead atoms. The molecule has 2 aromatic heterocycles. The molecule has 5 rings (SSSR count). The summed E-state index contributed by atoms with van der Waals surface area (Å²) in [6, 6.07) is 31.3. The summed E-state index contributed by atoms with van der Waals surface area (Å²) in [6.45, 7) is 0. The van der Waals surface area contributed by atoms with Crippen LogP contribution >= 0.6 is 22.7 Å². The van der Waals surface area contributed by atoms with Crippen molar-refractivity contribution >= 4 is 49.4 Å². The molecule has 0 aliphatic rings. The zero-order valence-electron chi connectivity index (χ0n) is 14.5. The molecule has 0 N–H and O–H groups in total. The average molecular weight is 388 g/mol. The first-order chi connectivity index (χ1) is 13.4. The number of hydrogen-bond donors (Lipinski definition) is 0. The second-order valence-corrected chi connectivity index (χ2v) is 7.63. The molecule has 5 aromatic rings. The van der Waals surface area contributed by atoms with E-state index in [1.807, 2.05) is 29.2 Å². The quantitative estimate of drug-likeness (QED) is 0.337. The first-order valence-electron chi connectivity index (χ1n) is 8.50. The van der Waals surface area contributed by atoms with Gasteiger partial charge in [-0.1, -0.05) is 54.6 Å². The van der Waals surface area contributed by atoms with Crippen LogP contribution in [0, 0.1) is 0 Å². The second-order valence-electron chi connectivity index (χ2n) is 5.66. The SMILES string of the molecule is c1ccc(N(c2ccccc2)c2ccccc2)cc1.c1nc2ncsc2s1. The molecule has 0 unspecified atom stereocenters. The maximum Gasteiger partial charge on any atom is 0.181 e. The largest absolute Gasteiger partial charge is 0.311 e. The van der Waals surface area contributed by atoms with Crippen LogP contribution in [0.4, 0.5) is 17.1 Å². The van der Waals surface area contributed by atoms with Gasteiger partial charge in [-0.2, -0.15) is 0 Å². The van der Waals surface area contributed by atoms with Gasteiger partial charge in [-0.05, 0) is 36.4 Å². The third kappa shape index (κ3) is 4.22. The lowest BCUT2D eigenvalue weighted by Crippen LogP contribution is -2.09. The minimum atomic E-state index is 0.889. The summed E-state index contributed by atoms with van der Waals surface area (Å²) in [5.41, 5.74) is 8.02. The lowest BCUT2D eigenvalue weighted by Gasteiger charge is -2.25. The van der Waals surface area contributed by atoms with Gasteiger partial charge in [0.25, 0.3) is 0 Å². The molecule has 0 aliphatic heterocycles. The van der Waals surface area contributed by atoms with E-state index in [9.17, 15) is 0 Å². The van der Waals surface area contributed by atoms with Gasteiger partial charge in [0, 0.05) is 17.1 Å². The maximum absolute atomic E-state index is 4.00. The molecule has 3 nitrogen and oxygen atoms in total. The van der Waals surface area contributed by atoms with Crippen LogP contribution in [0.15, 0.2) is 102 Å².